The molecule has 0 aliphatic heterocycles. The summed E-state index contributed by atoms with van der Waals surface area (Å²) >= 11 is 0. The smallest absolute Gasteiger partial charge is 0.138 e. The molecule has 1 aromatic rings. The number of aliphatic hydroxyl groups is 1. The molecule has 0 saturated heterocycles. The Kier molecular flexibility index (Phi) is 1.27. The van der Waals surface area contributed by atoms with Crippen LogP contribution in [0, 0.1) is 0 Å². The van der Waals surface area contributed by atoms with Crippen LogP contribution in [0.5, 0.6) is 0 Å². The summed E-state index contributed by atoms with van der Waals surface area (Å²) in [5.41, 5.74) is 0. The molecule has 1 N–H and O–H groups in total. The van der Waals surface area contributed by atoms with Gasteiger partial charge in [-0.05, 0) is 0 Å². The standard InChI is InChI=1S/C4H5N3O/c8-2-1-7-4-5-3-6-7/h1-4,8H/b2-1+. The predicted octanol–water partition coefficient (Wildman–Crippen LogP) is 0.264. The molecule has 0 atom stereocenters. The second-order valence-electron chi connectivity index (χ2n) is 1.17. The van der Waals surface area contributed by atoms with Crippen LogP contribution in [0.2, 0.25) is 0 Å². The lowest BCUT2D eigenvalue weighted by molar-refractivity contribution is 0.475. The molecule has 0 radical (unpaired) electrons. The van der Waals surface area contributed by atoms with Crippen LogP contribution in [0.15, 0.2) is 18.9 Å². The van der Waals surface area contributed by atoms with Crippen molar-refractivity contribution < 1.29 is 5.11 Å². The van der Waals surface area contributed by atoms with Crippen LogP contribution in [-0.4, -0.2) is 19.9 Å². The van der Waals surface area contributed by atoms with Crippen LogP contribution in [0.3, 0.4) is 0 Å². The van der Waals surface area contributed by atoms with E-state index >= 15 is 0 Å². The monoisotopic (exact) mass is 111 g/mol. The molecule has 1 heterocycles. The molecule has 0 unspecified atom stereocenters. The fraction of sp³-hybridized carbons (Fsp3) is 0. The van der Waals surface area contributed by atoms with Crippen LogP contribution >= 0.6 is 0 Å². The molecule has 4 heteroatoms. The molecule has 0 saturated carbocycles. The van der Waals surface area contributed by atoms with E-state index in [1.54, 1.807) is 0 Å². The van der Waals surface area contributed by atoms with Gasteiger partial charge in [-0.2, -0.15) is 5.10 Å². The molecule has 42 valence electrons. The summed E-state index contributed by atoms with van der Waals surface area (Å²) in [5.74, 6) is 0. The normalized spacial score (nSPS) is 10.5. The van der Waals surface area contributed by atoms with Crippen molar-refractivity contribution in [3.8, 4) is 0 Å². The van der Waals surface area contributed by atoms with Crippen LogP contribution in [0.4, 0.5) is 0 Å². The van der Waals surface area contributed by atoms with Crippen molar-refractivity contribution in [1.29, 1.82) is 0 Å². The summed E-state index contributed by atoms with van der Waals surface area (Å²) < 4.78 is 1.39. The van der Waals surface area contributed by atoms with Gasteiger partial charge in [-0.15, -0.1) is 0 Å². The van der Waals surface area contributed by atoms with E-state index in [-0.39, 0.29) is 0 Å². The van der Waals surface area contributed by atoms with E-state index in [1.165, 1.54) is 23.5 Å². The zero-order chi connectivity index (χ0) is 5.82. The van der Waals surface area contributed by atoms with Crippen molar-refractivity contribution in [2.75, 3.05) is 0 Å². The van der Waals surface area contributed by atoms with Crippen molar-refractivity contribution in [2.24, 2.45) is 0 Å². The minimum Gasteiger partial charge on any atom is -0.514 e. The van der Waals surface area contributed by atoms with Gasteiger partial charge in [-0.3, -0.25) is 0 Å². The van der Waals surface area contributed by atoms with Gasteiger partial charge in [-0.25, -0.2) is 9.67 Å². The van der Waals surface area contributed by atoms with Gasteiger partial charge >= 0.3 is 0 Å². The molecule has 0 aliphatic carbocycles. The number of nitrogens with zero attached hydrogens (tertiary/aromatic N) is 3. The molecule has 4 nitrogen and oxygen atoms in total. The molecule has 1 rings (SSSR count). The van der Waals surface area contributed by atoms with Gasteiger partial charge in [0, 0.05) is 0 Å². The van der Waals surface area contributed by atoms with E-state index in [1.807, 2.05) is 0 Å². The molecular formula is C4H5N3O. The molecular weight excluding hydrogens is 106 g/mol. The molecule has 0 bridgehead atoms. The van der Waals surface area contributed by atoms with Crippen molar-refractivity contribution in [3.63, 3.8) is 0 Å². The van der Waals surface area contributed by atoms with Crippen molar-refractivity contribution in [3.05, 3.63) is 18.9 Å². The molecule has 1 aromatic heterocycles. The van der Waals surface area contributed by atoms with Crippen LogP contribution in [0.1, 0.15) is 0 Å². The first-order valence-electron chi connectivity index (χ1n) is 2.08. The Bertz CT molecular complexity index is 167. The van der Waals surface area contributed by atoms with Gasteiger partial charge in [0.2, 0.25) is 0 Å². The number of aromatic nitrogens is 3. The first kappa shape index (κ1) is 4.83. The molecule has 0 aliphatic rings. The minimum absolute atomic E-state index is 0.898. The number of aliphatic hydroxyl groups excluding tert-OH is 1. The third kappa shape index (κ3) is 0.841. The first-order chi connectivity index (χ1) is 3.93. The van der Waals surface area contributed by atoms with Crippen molar-refractivity contribution in [2.45, 2.75) is 0 Å². The zero-order valence-electron chi connectivity index (χ0n) is 4.10. The zero-order valence-corrected chi connectivity index (χ0v) is 4.10. The van der Waals surface area contributed by atoms with E-state index in [0.717, 1.165) is 6.26 Å². The van der Waals surface area contributed by atoms with Gasteiger partial charge in [-0.1, -0.05) is 0 Å². The summed E-state index contributed by atoms with van der Waals surface area (Å²) in [5, 5.41) is 11.8. The van der Waals surface area contributed by atoms with Gasteiger partial charge in [0.05, 0.1) is 12.5 Å². The van der Waals surface area contributed by atoms with Gasteiger partial charge in [0.15, 0.2) is 0 Å². The number of hydrogen-bond donors (Lipinski definition) is 1. The Hall–Kier alpha value is -1.32. The third-order valence-electron chi connectivity index (χ3n) is 0.656. The van der Waals surface area contributed by atoms with Crippen LogP contribution in [0.25, 0.3) is 6.20 Å². The van der Waals surface area contributed by atoms with E-state index in [4.69, 9.17) is 5.11 Å². The Labute approximate surface area is 46.1 Å². The highest BCUT2D eigenvalue weighted by Crippen LogP contribution is 1.77. The Morgan fingerprint density at radius 1 is 1.62 bits per heavy atom. The maximum absolute atomic E-state index is 8.17. The van der Waals surface area contributed by atoms with Gasteiger partial charge in [0.25, 0.3) is 0 Å². The summed E-state index contributed by atoms with van der Waals surface area (Å²) in [6.45, 7) is 0. The third-order valence-corrected chi connectivity index (χ3v) is 0.656. The molecule has 8 heavy (non-hydrogen) atoms. The summed E-state index contributed by atoms with van der Waals surface area (Å²) in [4.78, 5) is 3.63. The van der Waals surface area contributed by atoms with Crippen LogP contribution in [-0.2, 0) is 0 Å². The van der Waals surface area contributed by atoms with Crippen LogP contribution < -0.4 is 0 Å². The summed E-state index contributed by atoms with van der Waals surface area (Å²) in [7, 11) is 0. The topological polar surface area (TPSA) is 50.9 Å². The predicted molar refractivity (Wildman–Crippen MR) is 28.0 cm³/mol. The lowest BCUT2D eigenvalue weighted by atomic mass is 10.9. The van der Waals surface area contributed by atoms with E-state index in [9.17, 15) is 0 Å². The summed E-state index contributed by atoms with van der Waals surface area (Å²) in [6, 6.07) is 0. The molecule has 0 amide bonds. The maximum Gasteiger partial charge on any atom is 0.138 e. The first-order valence-corrected chi connectivity index (χ1v) is 2.08. The second kappa shape index (κ2) is 2.11. The number of hydrogen-bond acceptors (Lipinski definition) is 3. The molecule has 0 fully saturated rings. The van der Waals surface area contributed by atoms with E-state index in [2.05, 4.69) is 10.1 Å². The molecule has 0 spiro atoms. The fourth-order valence-corrected chi connectivity index (χ4v) is 0.363. The largest absolute Gasteiger partial charge is 0.514 e. The minimum atomic E-state index is 0.898. The Morgan fingerprint density at radius 3 is 3.00 bits per heavy atom. The highest BCUT2D eigenvalue weighted by atomic mass is 16.2. The van der Waals surface area contributed by atoms with E-state index in [0.29, 0.717) is 0 Å². The van der Waals surface area contributed by atoms with Crippen molar-refractivity contribution in [1.82, 2.24) is 14.8 Å². The Balaban J connectivity index is 2.77. The summed E-state index contributed by atoms with van der Waals surface area (Å²) in [6.07, 6.45) is 5.15. The lowest BCUT2D eigenvalue weighted by Gasteiger charge is -1.80. The second-order valence-corrected chi connectivity index (χ2v) is 1.17. The number of rotatable bonds is 1. The average Bonchev–Trinajstić information content (AvgIpc) is 2.19. The highest BCUT2D eigenvalue weighted by molar-refractivity contribution is 5.13. The van der Waals surface area contributed by atoms with Crippen molar-refractivity contribution >= 4 is 6.20 Å². The van der Waals surface area contributed by atoms with Gasteiger partial charge < -0.3 is 5.11 Å². The van der Waals surface area contributed by atoms with Gasteiger partial charge in [0.1, 0.15) is 12.7 Å². The SMILES string of the molecule is O/C=C/n1cncn1. The average molecular weight is 111 g/mol. The lowest BCUT2D eigenvalue weighted by Crippen LogP contribution is -1.83. The fourth-order valence-electron chi connectivity index (χ4n) is 0.363. The highest BCUT2D eigenvalue weighted by Gasteiger charge is 1.77. The maximum atomic E-state index is 8.17. The molecule has 0 aromatic carbocycles. The Morgan fingerprint density at radius 2 is 2.50 bits per heavy atom. The van der Waals surface area contributed by atoms with E-state index < -0.39 is 0 Å². The quantitative estimate of drug-likeness (QED) is 0.529.